The maximum Gasteiger partial charge on any atom is 0.0589 e. The van der Waals surface area contributed by atoms with Crippen molar-refractivity contribution in [3.63, 3.8) is 0 Å². The smallest absolute Gasteiger partial charge is 0.0589 e. The van der Waals surface area contributed by atoms with Crippen LogP contribution in [0.3, 0.4) is 0 Å². The van der Waals surface area contributed by atoms with Crippen LogP contribution in [-0.4, -0.2) is 35.7 Å². The van der Waals surface area contributed by atoms with E-state index < -0.39 is 0 Å². The lowest BCUT2D eigenvalue weighted by atomic mass is 10.0. The SMILES string of the molecule is CC(=CCl)CN1CCC(C)C1CO. The Hall–Kier alpha value is -0.0500. The minimum atomic E-state index is 0.261. The number of halogens is 1. The van der Waals surface area contributed by atoms with Crippen molar-refractivity contribution >= 4 is 11.6 Å². The van der Waals surface area contributed by atoms with Gasteiger partial charge < -0.3 is 5.11 Å². The number of nitrogens with zero attached hydrogens (tertiary/aromatic N) is 1. The van der Waals surface area contributed by atoms with Gasteiger partial charge in [-0.25, -0.2) is 0 Å². The van der Waals surface area contributed by atoms with E-state index in [-0.39, 0.29) is 6.61 Å². The van der Waals surface area contributed by atoms with Gasteiger partial charge in [-0.3, -0.25) is 4.90 Å². The lowest BCUT2D eigenvalue weighted by Gasteiger charge is -2.24. The number of hydrogen-bond donors (Lipinski definition) is 1. The van der Waals surface area contributed by atoms with Crippen molar-refractivity contribution in [3.05, 3.63) is 11.1 Å². The summed E-state index contributed by atoms with van der Waals surface area (Å²) in [5, 5.41) is 9.20. The van der Waals surface area contributed by atoms with E-state index in [1.807, 2.05) is 6.92 Å². The number of likely N-dealkylation sites (tertiary alicyclic amines) is 1. The zero-order valence-electron chi connectivity index (χ0n) is 8.33. The summed E-state index contributed by atoms with van der Waals surface area (Å²) >= 11 is 5.61. The molecule has 3 heteroatoms. The summed E-state index contributed by atoms with van der Waals surface area (Å²) in [5.41, 5.74) is 2.78. The maximum atomic E-state index is 9.20. The summed E-state index contributed by atoms with van der Waals surface area (Å²) in [4.78, 5) is 2.30. The Kier molecular flexibility index (Phi) is 4.23. The van der Waals surface area contributed by atoms with Crippen molar-refractivity contribution in [1.29, 1.82) is 0 Å². The standard InChI is InChI=1S/C10H18ClNO/c1-8(5-11)6-12-4-3-9(2)10(12)7-13/h5,9-10,13H,3-4,6-7H2,1-2H3. The molecule has 0 aliphatic carbocycles. The zero-order chi connectivity index (χ0) is 9.84. The maximum absolute atomic E-state index is 9.20. The Balaban J connectivity index is 2.50. The van der Waals surface area contributed by atoms with Crippen LogP contribution in [0, 0.1) is 5.92 Å². The Morgan fingerprint density at radius 1 is 1.69 bits per heavy atom. The summed E-state index contributed by atoms with van der Waals surface area (Å²) < 4.78 is 0. The van der Waals surface area contributed by atoms with E-state index in [1.165, 1.54) is 6.42 Å². The molecule has 2 unspecified atom stereocenters. The summed E-state index contributed by atoms with van der Waals surface area (Å²) in [5.74, 6) is 0.605. The highest BCUT2D eigenvalue weighted by Crippen LogP contribution is 2.24. The highest BCUT2D eigenvalue weighted by Gasteiger charge is 2.29. The van der Waals surface area contributed by atoms with Gasteiger partial charge in [-0.1, -0.05) is 18.5 Å². The molecule has 0 aromatic rings. The second kappa shape index (κ2) is 4.99. The third kappa shape index (κ3) is 2.70. The van der Waals surface area contributed by atoms with Crippen LogP contribution in [0.25, 0.3) is 0 Å². The quantitative estimate of drug-likeness (QED) is 0.757. The summed E-state index contributed by atoms with van der Waals surface area (Å²) in [7, 11) is 0. The van der Waals surface area contributed by atoms with Crippen LogP contribution >= 0.6 is 11.6 Å². The first kappa shape index (κ1) is 11.0. The first-order chi connectivity index (χ1) is 6.19. The van der Waals surface area contributed by atoms with Crippen LogP contribution in [0.2, 0.25) is 0 Å². The van der Waals surface area contributed by atoms with Crippen LogP contribution in [0.4, 0.5) is 0 Å². The monoisotopic (exact) mass is 203 g/mol. The number of aliphatic hydroxyl groups excluding tert-OH is 1. The van der Waals surface area contributed by atoms with Gasteiger partial charge in [0.15, 0.2) is 0 Å². The molecule has 1 aliphatic heterocycles. The van der Waals surface area contributed by atoms with E-state index >= 15 is 0 Å². The van der Waals surface area contributed by atoms with Gasteiger partial charge in [-0.05, 0) is 31.4 Å². The van der Waals surface area contributed by atoms with Crippen LogP contribution < -0.4 is 0 Å². The third-order valence-electron chi connectivity index (χ3n) is 2.82. The summed E-state index contributed by atoms with van der Waals surface area (Å²) in [6, 6.07) is 0.326. The van der Waals surface area contributed by atoms with E-state index in [0.29, 0.717) is 12.0 Å². The predicted octanol–water partition coefficient (Wildman–Crippen LogP) is 1.83. The van der Waals surface area contributed by atoms with Gasteiger partial charge in [0.1, 0.15) is 0 Å². The van der Waals surface area contributed by atoms with Crippen LogP contribution in [0.5, 0.6) is 0 Å². The highest BCUT2D eigenvalue weighted by atomic mass is 35.5. The molecule has 1 N–H and O–H groups in total. The molecule has 13 heavy (non-hydrogen) atoms. The number of aliphatic hydroxyl groups is 1. The van der Waals surface area contributed by atoms with E-state index in [4.69, 9.17) is 11.6 Å². The van der Waals surface area contributed by atoms with Gasteiger partial charge in [0.05, 0.1) is 6.61 Å². The normalized spacial score (nSPS) is 31.2. The molecule has 1 fully saturated rings. The van der Waals surface area contributed by atoms with E-state index in [2.05, 4.69) is 11.8 Å². The molecule has 1 saturated heterocycles. The molecule has 0 saturated carbocycles. The van der Waals surface area contributed by atoms with Crippen molar-refractivity contribution in [3.8, 4) is 0 Å². The molecule has 0 aromatic carbocycles. The van der Waals surface area contributed by atoms with Crippen LogP contribution in [0.15, 0.2) is 11.1 Å². The molecule has 1 heterocycles. The average molecular weight is 204 g/mol. The fourth-order valence-corrected chi connectivity index (χ4v) is 2.00. The van der Waals surface area contributed by atoms with E-state index in [1.54, 1.807) is 5.54 Å². The predicted molar refractivity (Wildman–Crippen MR) is 55.8 cm³/mol. The van der Waals surface area contributed by atoms with Gasteiger partial charge in [0.25, 0.3) is 0 Å². The molecule has 1 rings (SSSR count). The second-order valence-corrected chi connectivity index (χ2v) is 4.16. The first-order valence-electron chi connectivity index (χ1n) is 4.79. The topological polar surface area (TPSA) is 23.5 Å². The molecular formula is C10H18ClNO. The van der Waals surface area contributed by atoms with Crippen LogP contribution in [-0.2, 0) is 0 Å². The summed E-state index contributed by atoms with van der Waals surface area (Å²) in [6.45, 7) is 6.44. The van der Waals surface area contributed by atoms with Gasteiger partial charge in [-0.2, -0.15) is 0 Å². The molecule has 1 aliphatic rings. The lowest BCUT2D eigenvalue weighted by molar-refractivity contribution is 0.147. The van der Waals surface area contributed by atoms with Crippen molar-refractivity contribution in [2.75, 3.05) is 19.7 Å². The Morgan fingerprint density at radius 3 is 2.92 bits per heavy atom. The highest BCUT2D eigenvalue weighted by molar-refractivity contribution is 6.25. The molecule has 0 bridgehead atoms. The Morgan fingerprint density at radius 2 is 2.38 bits per heavy atom. The third-order valence-corrected chi connectivity index (χ3v) is 3.20. The Bertz CT molecular complexity index is 193. The minimum Gasteiger partial charge on any atom is -0.395 e. The Labute approximate surface area is 85.2 Å². The molecule has 2 atom stereocenters. The minimum absolute atomic E-state index is 0.261. The number of rotatable bonds is 3. The lowest BCUT2D eigenvalue weighted by Crippen LogP contribution is -2.36. The van der Waals surface area contributed by atoms with Gasteiger partial charge in [-0.15, -0.1) is 0 Å². The van der Waals surface area contributed by atoms with Crippen molar-refractivity contribution in [2.45, 2.75) is 26.3 Å². The summed E-state index contributed by atoms with van der Waals surface area (Å²) in [6.07, 6.45) is 1.18. The fraction of sp³-hybridized carbons (Fsp3) is 0.800. The van der Waals surface area contributed by atoms with Crippen molar-refractivity contribution < 1.29 is 5.11 Å². The second-order valence-electron chi connectivity index (χ2n) is 3.94. The molecule has 0 radical (unpaired) electrons. The zero-order valence-corrected chi connectivity index (χ0v) is 9.09. The fourth-order valence-electron chi connectivity index (χ4n) is 1.93. The molecule has 76 valence electrons. The van der Waals surface area contributed by atoms with E-state index in [9.17, 15) is 5.11 Å². The van der Waals surface area contributed by atoms with Crippen molar-refractivity contribution in [2.24, 2.45) is 5.92 Å². The largest absolute Gasteiger partial charge is 0.395 e. The van der Waals surface area contributed by atoms with Gasteiger partial charge in [0, 0.05) is 18.1 Å². The van der Waals surface area contributed by atoms with Crippen molar-refractivity contribution in [1.82, 2.24) is 4.90 Å². The van der Waals surface area contributed by atoms with Crippen LogP contribution in [0.1, 0.15) is 20.3 Å². The first-order valence-corrected chi connectivity index (χ1v) is 5.23. The molecule has 0 aromatic heterocycles. The molecule has 0 spiro atoms. The molecular weight excluding hydrogens is 186 g/mol. The van der Waals surface area contributed by atoms with Gasteiger partial charge in [0.2, 0.25) is 0 Å². The molecule has 2 nitrogen and oxygen atoms in total. The van der Waals surface area contributed by atoms with Gasteiger partial charge >= 0.3 is 0 Å². The average Bonchev–Trinajstić information content (AvgIpc) is 2.46. The van der Waals surface area contributed by atoms with E-state index in [0.717, 1.165) is 18.7 Å². The number of hydrogen-bond acceptors (Lipinski definition) is 2. The molecule has 0 amide bonds.